The number of hydrogen-bond acceptors (Lipinski definition) is 4. The lowest BCUT2D eigenvalue weighted by atomic mass is 9.87. The molecule has 6 nitrogen and oxygen atoms in total. The van der Waals surface area contributed by atoms with Crippen LogP contribution in [-0.2, 0) is 14.8 Å². The molecule has 0 unspecified atom stereocenters. The van der Waals surface area contributed by atoms with Crippen molar-refractivity contribution in [2.24, 2.45) is 11.8 Å². The SMILES string of the molecule is CC(=O)Nc1ccc(S(=O)(=O)N2CCC(CCCC3CCNCC3)CC2)cc1. The van der Waals surface area contributed by atoms with Gasteiger partial charge < -0.3 is 10.6 Å². The molecule has 0 spiro atoms. The number of nitrogens with zero attached hydrogens (tertiary/aromatic N) is 1. The van der Waals surface area contributed by atoms with Crippen LogP contribution in [0, 0.1) is 11.8 Å². The molecule has 0 aromatic heterocycles. The van der Waals surface area contributed by atoms with Crippen molar-refractivity contribution in [2.45, 2.75) is 56.8 Å². The topological polar surface area (TPSA) is 78.5 Å². The van der Waals surface area contributed by atoms with Crippen molar-refractivity contribution in [1.29, 1.82) is 0 Å². The number of sulfonamides is 1. The summed E-state index contributed by atoms with van der Waals surface area (Å²) in [5.41, 5.74) is 0.610. The highest BCUT2D eigenvalue weighted by Crippen LogP contribution is 2.29. The first-order chi connectivity index (χ1) is 13.4. The molecule has 3 rings (SSSR count). The van der Waals surface area contributed by atoms with Crippen LogP contribution in [0.25, 0.3) is 0 Å². The van der Waals surface area contributed by atoms with E-state index in [1.165, 1.54) is 39.0 Å². The molecule has 0 atom stereocenters. The summed E-state index contributed by atoms with van der Waals surface area (Å²) in [6.45, 7) is 4.96. The summed E-state index contributed by atoms with van der Waals surface area (Å²) in [7, 11) is -3.45. The van der Waals surface area contributed by atoms with E-state index in [-0.39, 0.29) is 5.91 Å². The summed E-state index contributed by atoms with van der Waals surface area (Å²) in [5.74, 6) is 1.36. The standard InChI is InChI=1S/C21H33N3O3S/c1-17(25)23-20-5-7-21(8-6-20)28(26,27)24-15-11-19(12-16-24)4-2-3-18-9-13-22-14-10-18/h5-8,18-19,22H,2-4,9-16H2,1H3,(H,23,25). The van der Waals surface area contributed by atoms with E-state index >= 15 is 0 Å². The van der Waals surface area contributed by atoms with Gasteiger partial charge in [-0.05, 0) is 74.9 Å². The second kappa shape index (κ2) is 9.85. The summed E-state index contributed by atoms with van der Waals surface area (Å²) in [6.07, 6.45) is 8.33. The van der Waals surface area contributed by atoms with Crippen molar-refractivity contribution < 1.29 is 13.2 Å². The number of carbonyl (C=O) groups excluding carboxylic acids is 1. The first-order valence-corrected chi connectivity index (χ1v) is 12.0. The lowest BCUT2D eigenvalue weighted by molar-refractivity contribution is -0.114. The van der Waals surface area contributed by atoms with Crippen LogP contribution in [0.1, 0.15) is 51.9 Å². The van der Waals surface area contributed by atoms with E-state index in [0.717, 1.165) is 31.8 Å². The molecular weight excluding hydrogens is 374 g/mol. The minimum Gasteiger partial charge on any atom is -0.326 e. The molecule has 28 heavy (non-hydrogen) atoms. The maximum absolute atomic E-state index is 12.9. The second-order valence-electron chi connectivity index (χ2n) is 8.18. The molecule has 2 heterocycles. The van der Waals surface area contributed by atoms with Crippen LogP contribution in [0.3, 0.4) is 0 Å². The van der Waals surface area contributed by atoms with E-state index < -0.39 is 10.0 Å². The summed E-state index contributed by atoms with van der Waals surface area (Å²) in [4.78, 5) is 11.4. The molecule has 2 fully saturated rings. The van der Waals surface area contributed by atoms with Crippen molar-refractivity contribution in [2.75, 3.05) is 31.5 Å². The van der Waals surface area contributed by atoms with Crippen molar-refractivity contribution >= 4 is 21.6 Å². The molecule has 7 heteroatoms. The third-order valence-corrected chi connectivity index (χ3v) is 7.98. The molecule has 0 saturated carbocycles. The summed E-state index contributed by atoms with van der Waals surface area (Å²) >= 11 is 0. The Labute approximate surface area is 169 Å². The Bertz CT molecular complexity index is 735. The highest BCUT2D eigenvalue weighted by Gasteiger charge is 2.29. The Morgan fingerprint density at radius 1 is 1.04 bits per heavy atom. The van der Waals surface area contributed by atoms with Crippen LogP contribution >= 0.6 is 0 Å². The van der Waals surface area contributed by atoms with E-state index in [4.69, 9.17) is 0 Å². The molecule has 0 radical (unpaired) electrons. The number of rotatable bonds is 7. The Kier molecular flexibility index (Phi) is 7.48. The largest absolute Gasteiger partial charge is 0.326 e. The number of amides is 1. The Hall–Kier alpha value is -1.44. The zero-order valence-electron chi connectivity index (χ0n) is 16.8. The number of nitrogens with one attached hydrogen (secondary N) is 2. The molecule has 2 N–H and O–H groups in total. The van der Waals surface area contributed by atoms with Gasteiger partial charge in [0.1, 0.15) is 0 Å². The predicted octanol–water partition coefficient (Wildman–Crippen LogP) is 3.22. The van der Waals surface area contributed by atoms with E-state index in [9.17, 15) is 13.2 Å². The van der Waals surface area contributed by atoms with Gasteiger partial charge >= 0.3 is 0 Å². The second-order valence-corrected chi connectivity index (χ2v) is 10.1. The molecule has 2 aliphatic heterocycles. The summed E-state index contributed by atoms with van der Waals surface area (Å²) in [6, 6.07) is 6.43. The lowest BCUT2D eigenvalue weighted by Crippen LogP contribution is -2.38. The van der Waals surface area contributed by atoms with Crippen molar-refractivity contribution in [3.05, 3.63) is 24.3 Å². The number of piperidine rings is 2. The maximum Gasteiger partial charge on any atom is 0.243 e. The van der Waals surface area contributed by atoms with Crippen molar-refractivity contribution in [3.63, 3.8) is 0 Å². The quantitative estimate of drug-likeness (QED) is 0.727. The molecular formula is C21H33N3O3S. The molecule has 0 aliphatic carbocycles. The molecule has 156 valence electrons. The number of benzene rings is 1. The average Bonchev–Trinajstić information content (AvgIpc) is 2.69. The van der Waals surface area contributed by atoms with Crippen LogP contribution in [-0.4, -0.2) is 44.8 Å². The predicted molar refractivity (Wildman–Crippen MR) is 112 cm³/mol. The van der Waals surface area contributed by atoms with Crippen LogP contribution in [0.4, 0.5) is 5.69 Å². The van der Waals surface area contributed by atoms with Crippen molar-refractivity contribution in [3.8, 4) is 0 Å². The molecule has 0 bridgehead atoms. The molecule has 1 aromatic carbocycles. The molecule has 2 aliphatic rings. The third kappa shape index (κ3) is 5.78. The first kappa shape index (κ1) is 21.3. The van der Waals surface area contributed by atoms with E-state index in [1.54, 1.807) is 28.6 Å². The highest BCUT2D eigenvalue weighted by molar-refractivity contribution is 7.89. The fourth-order valence-electron chi connectivity index (χ4n) is 4.37. The van der Waals surface area contributed by atoms with Gasteiger partial charge in [0.2, 0.25) is 15.9 Å². The van der Waals surface area contributed by atoms with E-state index in [1.807, 2.05) is 0 Å². The molecule has 2 saturated heterocycles. The number of hydrogen-bond donors (Lipinski definition) is 2. The molecule has 1 amide bonds. The third-order valence-electron chi connectivity index (χ3n) is 6.07. The Morgan fingerprint density at radius 2 is 1.61 bits per heavy atom. The zero-order valence-corrected chi connectivity index (χ0v) is 17.6. The van der Waals surface area contributed by atoms with Crippen LogP contribution < -0.4 is 10.6 Å². The van der Waals surface area contributed by atoms with Gasteiger partial charge in [0.25, 0.3) is 0 Å². The minimum absolute atomic E-state index is 0.169. The van der Waals surface area contributed by atoms with Gasteiger partial charge in [-0.25, -0.2) is 8.42 Å². The first-order valence-electron chi connectivity index (χ1n) is 10.5. The zero-order chi connectivity index (χ0) is 20.0. The Morgan fingerprint density at radius 3 is 2.18 bits per heavy atom. The van der Waals surface area contributed by atoms with Gasteiger partial charge in [-0.1, -0.05) is 19.3 Å². The van der Waals surface area contributed by atoms with Gasteiger partial charge in [-0.3, -0.25) is 4.79 Å². The number of anilines is 1. The van der Waals surface area contributed by atoms with E-state index in [0.29, 0.717) is 29.6 Å². The maximum atomic E-state index is 12.9. The summed E-state index contributed by atoms with van der Waals surface area (Å²) < 4.78 is 27.4. The summed E-state index contributed by atoms with van der Waals surface area (Å²) in [5, 5.41) is 6.08. The van der Waals surface area contributed by atoms with Crippen molar-refractivity contribution in [1.82, 2.24) is 9.62 Å². The van der Waals surface area contributed by atoms with Gasteiger partial charge in [-0.15, -0.1) is 0 Å². The monoisotopic (exact) mass is 407 g/mol. The lowest BCUT2D eigenvalue weighted by Gasteiger charge is -2.31. The van der Waals surface area contributed by atoms with Gasteiger partial charge in [-0.2, -0.15) is 4.31 Å². The van der Waals surface area contributed by atoms with E-state index in [2.05, 4.69) is 10.6 Å². The Balaban J connectivity index is 1.45. The fraction of sp³-hybridized carbons (Fsp3) is 0.667. The van der Waals surface area contributed by atoms with Crippen LogP contribution in [0.2, 0.25) is 0 Å². The minimum atomic E-state index is -3.45. The van der Waals surface area contributed by atoms with Gasteiger partial charge in [0.15, 0.2) is 0 Å². The normalized spacial score (nSPS) is 20.2. The van der Waals surface area contributed by atoms with Gasteiger partial charge in [0, 0.05) is 25.7 Å². The van der Waals surface area contributed by atoms with Gasteiger partial charge in [0.05, 0.1) is 4.90 Å². The van der Waals surface area contributed by atoms with Crippen LogP contribution in [0.5, 0.6) is 0 Å². The highest BCUT2D eigenvalue weighted by atomic mass is 32.2. The number of carbonyl (C=O) groups is 1. The smallest absolute Gasteiger partial charge is 0.243 e. The van der Waals surface area contributed by atoms with Crippen LogP contribution in [0.15, 0.2) is 29.2 Å². The average molecular weight is 408 g/mol. The fourth-order valence-corrected chi connectivity index (χ4v) is 5.84. The molecule has 1 aromatic rings.